The Hall–Kier alpha value is -1.01. The Balaban J connectivity index is 2.58. The van der Waals surface area contributed by atoms with E-state index in [2.05, 4.69) is 0 Å². The van der Waals surface area contributed by atoms with E-state index < -0.39 is 5.97 Å². The highest BCUT2D eigenvalue weighted by Crippen LogP contribution is 2.25. The predicted molar refractivity (Wildman–Crippen MR) is 78.8 cm³/mol. The highest BCUT2D eigenvalue weighted by Gasteiger charge is 2.26. The van der Waals surface area contributed by atoms with E-state index in [9.17, 15) is 9.59 Å². The number of nitrogens with zero attached hydrogens (tertiary/aromatic N) is 1. The first-order valence-electron chi connectivity index (χ1n) is 5.99. The number of carboxylic acids is 1. The molecule has 0 aliphatic heterocycles. The second-order valence-corrected chi connectivity index (χ2v) is 7.30. The molecule has 1 heterocycles. The minimum Gasteiger partial charge on any atom is -0.481 e. The number of hydrogen-bond donors (Lipinski definition) is 1. The van der Waals surface area contributed by atoms with Gasteiger partial charge in [-0.2, -0.15) is 0 Å². The summed E-state index contributed by atoms with van der Waals surface area (Å²) in [6.07, 6.45) is -0.0212. The van der Waals surface area contributed by atoms with Gasteiger partial charge in [0.2, 0.25) is 5.91 Å². The zero-order valence-corrected chi connectivity index (χ0v) is 13.0. The lowest BCUT2D eigenvalue weighted by Crippen LogP contribution is -2.47. The van der Waals surface area contributed by atoms with Crippen LogP contribution in [0, 0.1) is 0 Å². The maximum absolute atomic E-state index is 12.2. The van der Waals surface area contributed by atoms with Gasteiger partial charge in [0.05, 0.1) is 16.4 Å². The maximum atomic E-state index is 12.2. The molecular weight excluding hydrogens is 282 g/mol. The topological polar surface area (TPSA) is 57.6 Å². The summed E-state index contributed by atoms with van der Waals surface area (Å²) in [5.41, 5.74) is -0.359. The first-order valence-corrected chi connectivity index (χ1v) is 7.86. The molecule has 0 aliphatic carbocycles. The summed E-state index contributed by atoms with van der Waals surface area (Å²) in [7, 11) is 0. The monoisotopic (exact) mass is 301 g/mol. The van der Waals surface area contributed by atoms with Gasteiger partial charge in [0.1, 0.15) is 0 Å². The summed E-state index contributed by atoms with van der Waals surface area (Å²) in [4.78, 5) is 24.5. The van der Waals surface area contributed by atoms with Crippen molar-refractivity contribution in [2.24, 2.45) is 0 Å². The van der Waals surface area contributed by atoms with Crippen molar-refractivity contribution in [3.63, 3.8) is 0 Å². The van der Waals surface area contributed by atoms with Crippen LogP contribution in [0.5, 0.6) is 0 Å². The molecule has 0 saturated heterocycles. The van der Waals surface area contributed by atoms with Gasteiger partial charge in [-0.15, -0.1) is 23.1 Å². The van der Waals surface area contributed by atoms with Gasteiger partial charge in [-0.25, -0.2) is 0 Å². The van der Waals surface area contributed by atoms with Crippen LogP contribution in [0.3, 0.4) is 0 Å². The fourth-order valence-electron chi connectivity index (χ4n) is 1.60. The molecule has 1 N–H and O–H groups in total. The molecule has 1 amide bonds. The minimum absolute atomic E-state index is 0.0212. The minimum atomic E-state index is -0.882. The standard InChI is InChI=1S/C13H19NO3S2/c1-13(2,3)14(7-6-11(16)17)10(15)9-19-12-5-4-8-18-12/h4-5,8H,6-7,9H2,1-3H3,(H,16,17). The Labute approximate surface area is 121 Å². The first-order chi connectivity index (χ1) is 8.80. The Morgan fingerprint density at radius 3 is 2.58 bits per heavy atom. The first kappa shape index (κ1) is 16.0. The third kappa shape index (κ3) is 5.65. The molecule has 0 atom stereocenters. The van der Waals surface area contributed by atoms with Gasteiger partial charge in [0, 0.05) is 12.1 Å². The maximum Gasteiger partial charge on any atom is 0.305 e. The number of carboxylic acid groups (broad SMARTS) is 1. The number of hydrogen-bond acceptors (Lipinski definition) is 4. The van der Waals surface area contributed by atoms with Crippen LogP contribution in [0.1, 0.15) is 27.2 Å². The predicted octanol–water partition coefficient (Wildman–Crippen LogP) is 2.94. The van der Waals surface area contributed by atoms with E-state index >= 15 is 0 Å². The van der Waals surface area contributed by atoms with Gasteiger partial charge in [-0.1, -0.05) is 6.07 Å². The van der Waals surface area contributed by atoms with Gasteiger partial charge in [0.15, 0.2) is 0 Å². The van der Waals surface area contributed by atoms with Crippen molar-refractivity contribution in [3.05, 3.63) is 17.5 Å². The van der Waals surface area contributed by atoms with Gasteiger partial charge in [0.25, 0.3) is 0 Å². The van der Waals surface area contributed by atoms with Crippen LogP contribution in [-0.4, -0.2) is 39.7 Å². The van der Waals surface area contributed by atoms with E-state index in [-0.39, 0.29) is 24.4 Å². The molecule has 1 rings (SSSR count). The number of rotatable bonds is 6. The molecule has 0 saturated carbocycles. The molecule has 0 aliphatic rings. The number of amides is 1. The molecule has 106 valence electrons. The van der Waals surface area contributed by atoms with E-state index in [1.165, 1.54) is 11.8 Å². The second kappa shape index (κ2) is 6.96. The quantitative estimate of drug-likeness (QED) is 0.821. The van der Waals surface area contributed by atoms with Crippen LogP contribution in [-0.2, 0) is 9.59 Å². The molecule has 1 aromatic rings. The zero-order valence-electron chi connectivity index (χ0n) is 11.4. The SMILES string of the molecule is CC(C)(C)N(CCC(=O)O)C(=O)CSc1cccs1. The van der Waals surface area contributed by atoms with Crippen molar-refractivity contribution < 1.29 is 14.7 Å². The van der Waals surface area contributed by atoms with Gasteiger partial charge in [-0.05, 0) is 32.2 Å². The fraction of sp³-hybridized carbons (Fsp3) is 0.538. The molecule has 0 bridgehead atoms. The van der Waals surface area contributed by atoms with Gasteiger partial charge in [-0.3, -0.25) is 9.59 Å². The summed E-state index contributed by atoms with van der Waals surface area (Å²) in [5, 5.41) is 10.7. The Morgan fingerprint density at radius 2 is 2.11 bits per heavy atom. The van der Waals surface area contributed by atoms with Crippen LogP contribution in [0.2, 0.25) is 0 Å². The van der Waals surface area contributed by atoms with E-state index in [4.69, 9.17) is 5.11 Å². The molecule has 0 unspecified atom stereocenters. The third-order valence-corrected chi connectivity index (χ3v) is 4.61. The van der Waals surface area contributed by atoms with Crippen molar-refractivity contribution in [3.8, 4) is 0 Å². The van der Waals surface area contributed by atoms with Gasteiger partial charge < -0.3 is 10.0 Å². The summed E-state index contributed by atoms with van der Waals surface area (Å²) >= 11 is 3.09. The average molecular weight is 301 g/mol. The average Bonchev–Trinajstić information content (AvgIpc) is 2.76. The Kier molecular flexibility index (Phi) is 5.87. The molecule has 1 aromatic heterocycles. The van der Waals surface area contributed by atoms with E-state index in [0.29, 0.717) is 5.75 Å². The third-order valence-electron chi connectivity index (χ3n) is 2.49. The molecule has 0 aromatic carbocycles. The molecule has 0 spiro atoms. The van der Waals surface area contributed by atoms with Crippen LogP contribution in [0.15, 0.2) is 21.7 Å². The molecule has 0 radical (unpaired) electrons. The largest absolute Gasteiger partial charge is 0.481 e. The Bertz CT molecular complexity index is 424. The van der Waals surface area contributed by atoms with Crippen LogP contribution >= 0.6 is 23.1 Å². The van der Waals surface area contributed by atoms with E-state index in [1.54, 1.807) is 16.2 Å². The lowest BCUT2D eigenvalue weighted by atomic mass is 10.1. The molecule has 6 heteroatoms. The molecular formula is C13H19NO3S2. The van der Waals surface area contributed by atoms with Crippen molar-refractivity contribution >= 4 is 35.0 Å². The normalized spacial score (nSPS) is 11.3. The summed E-state index contributed by atoms with van der Waals surface area (Å²) in [5.74, 6) is -0.558. The zero-order chi connectivity index (χ0) is 14.5. The van der Waals surface area contributed by atoms with Gasteiger partial charge >= 0.3 is 5.97 Å². The number of carbonyl (C=O) groups is 2. The highest BCUT2D eigenvalue weighted by atomic mass is 32.2. The summed E-state index contributed by atoms with van der Waals surface area (Å²) < 4.78 is 1.10. The molecule has 0 fully saturated rings. The number of thiophene rings is 1. The van der Waals surface area contributed by atoms with E-state index in [0.717, 1.165) is 4.21 Å². The number of aliphatic carboxylic acids is 1. The summed E-state index contributed by atoms with van der Waals surface area (Å²) in [6, 6.07) is 3.92. The highest BCUT2D eigenvalue weighted by molar-refractivity contribution is 8.01. The lowest BCUT2D eigenvalue weighted by molar-refractivity contribution is -0.139. The lowest BCUT2D eigenvalue weighted by Gasteiger charge is -2.35. The van der Waals surface area contributed by atoms with Crippen molar-refractivity contribution in [1.82, 2.24) is 4.90 Å². The van der Waals surface area contributed by atoms with Crippen molar-refractivity contribution in [1.29, 1.82) is 0 Å². The molecule has 19 heavy (non-hydrogen) atoms. The number of carbonyl (C=O) groups excluding carboxylic acids is 1. The van der Waals surface area contributed by atoms with Crippen LogP contribution in [0.4, 0.5) is 0 Å². The smallest absolute Gasteiger partial charge is 0.305 e. The van der Waals surface area contributed by atoms with E-state index in [1.807, 2.05) is 38.3 Å². The van der Waals surface area contributed by atoms with Crippen molar-refractivity contribution in [2.75, 3.05) is 12.3 Å². The second-order valence-electron chi connectivity index (χ2n) is 5.08. The fourth-order valence-corrected chi connectivity index (χ4v) is 3.26. The Morgan fingerprint density at radius 1 is 1.42 bits per heavy atom. The van der Waals surface area contributed by atoms with Crippen molar-refractivity contribution in [2.45, 2.75) is 36.9 Å². The summed E-state index contributed by atoms with van der Waals surface area (Å²) in [6.45, 7) is 6.01. The molecule has 4 nitrogen and oxygen atoms in total. The van der Waals surface area contributed by atoms with Crippen LogP contribution < -0.4 is 0 Å². The van der Waals surface area contributed by atoms with Crippen LogP contribution in [0.25, 0.3) is 0 Å². The number of thioether (sulfide) groups is 1.